The van der Waals surface area contributed by atoms with E-state index in [1.54, 1.807) is 18.9 Å². The zero-order valence-electron chi connectivity index (χ0n) is 11.0. The van der Waals surface area contributed by atoms with E-state index in [1.165, 1.54) is 0 Å². The number of thioether (sulfide) groups is 1. The van der Waals surface area contributed by atoms with E-state index < -0.39 is 5.97 Å². The van der Waals surface area contributed by atoms with E-state index in [4.69, 9.17) is 9.84 Å². The van der Waals surface area contributed by atoms with Crippen molar-refractivity contribution in [3.05, 3.63) is 24.3 Å². The van der Waals surface area contributed by atoms with Crippen LogP contribution in [0, 0.1) is 0 Å². The van der Waals surface area contributed by atoms with Crippen LogP contribution in [0.5, 0.6) is 5.75 Å². The largest absolute Gasteiger partial charge is 0.497 e. The van der Waals surface area contributed by atoms with Crippen molar-refractivity contribution in [1.29, 1.82) is 0 Å². The quantitative estimate of drug-likeness (QED) is 0.868. The Morgan fingerprint density at radius 1 is 1.37 bits per heavy atom. The summed E-state index contributed by atoms with van der Waals surface area (Å²) in [5.74, 6) is 0.102. The van der Waals surface area contributed by atoms with Crippen molar-refractivity contribution >= 4 is 17.7 Å². The smallest absolute Gasteiger partial charge is 0.304 e. The molecule has 1 aliphatic heterocycles. The van der Waals surface area contributed by atoms with Crippen LogP contribution in [0.1, 0.15) is 19.3 Å². The maximum absolute atomic E-state index is 11.1. The second-order valence-electron chi connectivity index (χ2n) is 4.78. The van der Waals surface area contributed by atoms with E-state index in [2.05, 4.69) is 5.32 Å². The minimum Gasteiger partial charge on any atom is -0.497 e. The molecular weight excluding hydrogens is 262 g/mol. The maximum atomic E-state index is 11.1. The summed E-state index contributed by atoms with van der Waals surface area (Å²) in [6, 6.07) is 7.82. The Balaban J connectivity index is 2.12. The minimum absolute atomic E-state index is 0.189. The number of ether oxygens (including phenoxy) is 1. The van der Waals surface area contributed by atoms with E-state index in [0.717, 1.165) is 36.6 Å². The van der Waals surface area contributed by atoms with Crippen LogP contribution in [-0.2, 0) is 4.79 Å². The summed E-state index contributed by atoms with van der Waals surface area (Å²) in [6.07, 6.45) is 1.98. The van der Waals surface area contributed by atoms with Gasteiger partial charge in [0.25, 0.3) is 0 Å². The minimum atomic E-state index is -0.720. The third-order valence-corrected chi connectivity index (χ3v) is 4.88. The average molecular weight is 281 g/mol. The summed E-state index contributed by atoms with van der Waals surface area (Å²) in [4.78, 5) is 12.2. The van der Waals surface area contributed by atoms with Crippen molar-refractivity contribution in [1.82, 2.24) is 5.32 Å². The molecule has 5 heteroatoms. The number of methoxy groups -OCH3 is 1. The molecule has 0 bridgehead atoms. The number of nitrogens with one attached hydrogen (secondary N) is 1. The van der Waals surface area contributed by atoms with Gasteiger partial charge in [-0.05, 0) is 50.2 Å². The zero-order valence-corrected chi connectivity index (χ0v) is 11.8. The lowest BCUT2D eigenvalue weighted by atomic mass is 9.93. The number of aliphatic carboxylic acids is 1. The van der Waals surface area contributed by atoms with Gasteiger partial charge in [0, 0.05) is 9.64 Å². The number of carbonyl (C=O) groups is 1. The van der Waals surface area contributed by atoms with Crippen molar-refractivity contribution in [2.24, 2.45) is 0 Å². The topological polar surface area (TPSA) is 58.6 Å². The number of rotatable bonds is 5. The van der Waals surface area contributed by atoms with Crippen molar-refractivity contribution < 1.29 is 14.6 Å². The Hall–Kier alpha value is -1.20. The van der Waals surface area contributed by atoms with Gasteiger partial charge in [-0.15, -0.1) is 11.8 Å². The first-order valence-corrected chi connectivity index (χ1v) is 7.21. The van der Waals surface area contributed by atoms with Gasteiger partial charge in [-0.1, -0.05) is 0 Å². The molecule has 1 aliphatic rings. The van der Waals surface area contributed by atoms with E-state index in [0.29, 0.717) is 0 Å². The molecule has 0 unspecified atom stereocenters. The summed E-state index contributed by atoms with van der Waals surface area (Å²) in [5, 5.41) is 12.4. The van der Waals surface area contributed by atoms with Crippen molar-refractivity contribution in [3.8, 4) is 5.75 Å². The van der Waals surface area contributed by atoms with Gasteiger partial charge in [-0.2, -0.15) is 0 Å². The van der Waals surface area contributed by atoms with E-state index in [9.17, 15) is 4.79 Å². The van der Waals surface area contributed by atoms with Gasteiger partial charge in [0.1, 0.15) is 5.75 Å². The highest BCUT2D eigenvalue weighted by atomic mass is 32.2. The van der Waals surface area contributed by atoms with E-state index in [-0.39, 0.29) is 11.2 Å². The van der Waals surface area contributed by atoms with Crippen molar-refractivity contribution in [2.45, 2.75) is 28.9 Å². The Labute approximate surface area is 117 Å². The third-order valence-electron chi connectivity index (χ3n) is 3.38. The first kappa shape index (κ1) is 14.2. The molecule has 1 aromatic rings. The van der Waals surface area contributed by atoms with Gasteiger partial charge in [0.05, 0.1) is 13.5 Å². The van der Waals surface area contributed by atoms with Crippen LogP contribution in [0.2, 0.25) is 0 Å². The fraction of sp³-hybridized carbons (Fsp3) is 0.500. The molecule has 1 heterocycles. The second-order valence-corrected chi connectivity index (χ2v) is 6.32. The first-order chi connectivity index (χ1) is 9.13. The predicted molar refractivity (Wildman–Crippen MR) is 75.9 cm³/mol. The van der Waals surface area contributed by atoms with Gasteiger partial charge in [-0.25, -0.2) is 0 Å². The molecule has 1 saturated heterocycles. The molecule has 0 aliphatic carbocycles. The van der Waals surface area contributed by atoms with E-state index >= 15 is 0 Å². The Bertz CT molecular complexity index is 427. The van der Waals surface area contributed by atoms with Crippen LogP contribution >= 0.6 is 11.8 Å². The summed E-state index contributed by atoms with van der Waals surface area (Å²) in [5.41, 5.74) is 0. The lowest BCUT2D eigenvalue weighted by Crippen LogP contribution is -2.41. The number of carboxylic acid groups (broad SMARTS) is 1. The van der Waals surface area contributed by atoms with E-state index in [1.807, 2.05) is 24.3 Å². The molecule has 1 fully saturated rings. The van der Waals surface area contributed by atoms with Crippen LogP contribution in [0.15, 0.2) is 29.2 Å². The first-order valence-electron chi connectivity index (χ1n) is 6.39. The fourth-order valence-electron chi connectivity index (χ4n) is 2.37. The molecule has 0 radical (unpaired) electrons. The van der Waals surface area contributed by atoms with Crippen molar-refractivity contribution in [3.63, 3.8) is 0 Å². The second kappa shape index (κ2) is 6.30. The lowest BCUT2D eigenvalue weighted by Gasteiger charge is -2.35. The van der Waals surface area contributed by atoms with Crippen LogP contribution in [0.25, 0.3) is 0 Å². The third kappa shape index (κ3) is 3.88. The van der Waals surface area contributed by atoms with Crippen LogP contribution in [-0.4, -0.2) is 36.0 Å². The molecule has 0 spiro atoms. The molecule has 104 valence electrons. The molecule has 0 amide bonds. The lowest BCUT2D eigenvalue weighted by molar-refractivity contribution is -0.137. The molecule has 2 rings (SSSR count). The van der Waals surface area contributed by atoms with Crippen LogP contribution < -0.4 is 10.1 Å². The monoisotopic (exact) mass is 281 g/mol. The maximum Gasteiger partial charge on any atom is 0.304 e. The molecule has 0 saturated carbocycles. The number of hydrogen-bond donors (Lipinski definition) is 2. The highest BCUT2D eigenvalue weighted by Gasteiger charge is 2.35. The Morgan fingerprint density at radius 2 is 2.00 bits per heavy atom. The number of carboxylic acids is 1. The number of piperidine rings is 1. The standard InChI is InChI=1S/C14H19NO3S/c1-18-11-2-4-12(5-3-11)19-14(10-13(16)17)6-8-15-9-7-14/h2-5,15H,6-10H2,1H3,(H,16,17). The van der Waals surface area contributed by atoms with Crippen LogP contribution in [0.3, 0.4) is 0 Å². The Kier molecular flexibility index (Phi) is 4.71. The van der Waals surface area contributed by atoms with Gasteiger partial charge >= 0.3 is 5.97 Å². The molecule has 0 aromatic heterocycles. The molecule has 2 N–H and O–H groups in total. The molecule has 0 atom stereocenters. The molecule has 4 nitrogen and oxygen atoms in total. The predicted octanol–water partition coefficient (Wildman–Crippen LogP) is 2.38. The number of hydrogen-bond acceptors (Lipinski definition) is 4. The SMILES string of the molecule is COc1ccc(SC2(CC(=O)O)CCNCC2)cc1. The fourth-order valence-corrected chi connectivity index (χ4v) is 3.74. The average Bonchev–Trinajstić information content (AvgIpc) is 2.39. The van der Waals surface area contributed by atoms with Gasteiger partial charge < -0.3 is 15.2 Å². The number of benzene rings is 1. The van der Waals surface area contributed by atoms with Crippen molar-refractivity contribution in [2.75, 3.05) is 20.2 Å². The Morgan fingerprint density at radius 3 is 2.53 bits per heavy atom. The summed E-state index contributed by atoms with van der Waals surface area (Å²) < 4.78 is 4.95. The summed E-state index contributed by atoms with van der Waals surface area (Å²) in [6.45, 7) is 1.77. The molecule has 19 heavy (non-hydrogen) atoms. The highest BCUT2D eigenvalue weighted by Crippen LogP contribution is 2.42. The van der Waals surface area contributed by atoms with Crippen LogP contribution in [0.4, 0.5) is 0 Å². The molecular formula is C14H19NO3S. The summed E-state index contributed by atoms with van der Waals surface area (Å²) >= 11 is 1.68. The van der Waals surface area contributed by atoms with Gasteiger partial charge in [0.2, 0.25) is 0 Å². The molecule has 1 aromatic carbocycles. The van der Waals surface area contributed by atoms with Gasteiger partial charge in [0.15, 0.2) is 0 Å². The summed E-state index contributed by atoms with van der Waals surface area (Å²) in [7, 11) is 1.64. The highest BCUT2D eigenvalue weighted by molar-refractivity contribution is 8.00. The normalized spacial score (nSPS) is 17.9. The van der Waals surface area contributed by atoms with Gasteiger partial charge in [-0.3, -0.25) is 4.79 Å². The zero-order chi connectivity index (χ0) is 13.7.